The van der Waals surface area contributed by atoms with E-state index in [4.69, 9.17) is 9.47 Å². The number of hydrogen-bond donors (Lipinski definition) is 2. The largest absolute Gasteiger partial charge is 0.490 e. The molecule has 0 aromatic heterocycles. The second-order valence-corrected chi connectivity index (χ2v) is 12.9. The smallest absolute Gasteiger partial charge is 0.258 e. The highest BCUT2D eigenvalue weighted by Crippen LogP contribution is 2.28. The first-order valence-electron chi connectivity index (χ1n) is 16.5. The Balaban J connectivity index is 1.86. The third-order valence-electron chi connectivity index (χ3n) is 8.42. The van der Waals surface area contributed by atoms with Gasteiger partial charge in [0.05, 0.1) is 36.8 Å². The maximum atomic E-state index is 14.3. The molecular weight excluding hydrogens is 584 g/mol. The Bertz CT molecular complexity index is 1260. The molecule has 0 spiro atoms. The standard InChI is InChI=1S/C36H54N4O6/c1-26-23-40(27(2)25-41)36(44)31-22-30(37-34(42)16-12-19-38(4)5)17-18-32(31)46-28(3)13-10-11-20-45-33(26)24-39(6)35(43)21-29-14-8-7-9-15-29/h7-9,14-15,17-18,22,26-28,33,41H,10-13,16,19-21,23-25H2,1-6H3,(H,37,42)/t26-,27-,28+,33+/m0/s1. The Kier molecular flexibility index (Phi) is 15.0. The van der Waals surface area contributed by atoms with Gasteiger partial charge < -0.3 is 34.6 Å². The lowest BCUT2D eigenvalue weighted by Crippen LogP contribution is -2.48. The van der Waals surface area contributed by atoms with Gasteiger partial charge in [-0.25, -0.2) is 0 Å². The second kappa shape index (κ2) is 18.6. The lowest BCUT2D eigenvalue weighted by Gasteiger charge is -2.36. The minimum Gasteiger partial charge on any atom is -0.490 e. The predicted molar refractivity (Wildman–Crippen MR) is 181 cm³/mol. The molecule has 10 nitrogen and oxygen atoms in total. The van der Waals surface area contributed by atoms with E-state index in [1.54, 1.807) is 42.0 Å². The van der Waals surface area contributed by atoms with Crippen LogP contribution in [0.1, 0.15) is 68.8 Å². The van der Waals surface area contributed by atoms with E-state index in [9.17, 15) is 19.5 Å². The van der Waals surface area contributed by atoms with Crippen LogP contribution >= 0.6 is 0 Å². The molecular formula is C36H54N4O6. The van der Waals surface area contributed by atoms with Crippen LogP contribution in [0.15, 0.2) is 48.5 Å². The number of carbonyl (C=O) groups is 3. The molecule has 3 amide bonds. The monoisotopic (exact) mass is 638 g/mol. The molecule has 0 bridgehead atoms. The summed E-state index contributed by atoms with van der Waals surface area (Å²) >= 11 is 0. The minimum absolute atomic E-state index is 0.00532. The first kappa shape index (κ1) is 37.0. The number of fused-ring (bicyclic) bond motifs is 1. The van der Waals surface area contributed by atoms with Crippen molar-refractivity contribution in [2.75, 3.05) is 59.3 Å². The molecule has 1 aliphatic rings. The molecule has 0 aliphatic carbocycles. The van der Waals surface area contributed by atoms with Gasteiger partial charge in [0, 0.05) is 44.8 Å². The Morgan fingerprint density at radius 3 is 2.52 bits per heavy atom. The van der Waals surface area contributed by atoms with Crippen LogP contribution in [0.3, 0.4) is 0 Å². The molecule has 0 unspecified atom stereocenters. The van der Waals surface area contributed by atoms with Crippen molar-refractivity contribution in [2.24, 2.45) is 5.92 Å². The number of nitrogens with zero attached hydrogens (tertiary/aromatic N) is 3. The molecule has 0 saturated carbocycles. The van der Waals surface area contributed by atoms with Crippen LogP contribution in [-0.2, 0) is 20.7 Å². The number of aliphatic hydroxyl groups is 1. The minimum atomic E-state index is -0.490. The summed E-state index contributed by atoms with van der Waals surface area (Å²) in [6, 6.07) is 14.4. The first-order valence-corrected chi connectivity index (χ1v) is 16.5. The molecule has 0 radical (unpaired) electrons. The summed E-state index contributed by atoms with van der Waals surface area (Å²) in [7, 11) is 5.73. The fourth-order valence-electron chi connectivity index (χ4n) is 5.52. The predicted octanol–water partition coefficient (Wildman–Crippen LogP) is 4.46. The number of rotatable bonds is 11. The molecule has 2 N–H and O–H groups in total. The van der Waals surface area contributed by atoms with Crippen molar-refractivity contribution in [3.05, 3.63) is 59.7 Å². The van der Waals surface area contributed by atoms with Gasteiger partial charge >= 0.3 is 0 Å². The molecule has 3 rings (SSSR count). The summed E-state index contributed by atoms with van der Waals surface area (Å²) in [6.07, 6.45) is 3.39. The number of amides is 3. The van der Waals surface area contributed by atoms with Crippen LogP contribution in [0, 0.1) is 5.92 Å². The fourth-order valence-corrected chi connectivity index (χ4v) is 5.52. The third kappa shape index (κ3) is 11.7. The van der Waals surface area contributed by atoms with E-state index in [0.717, 1.165) is 37.8 Å². The van der Waals surface area contributed by atoms with Crippen molar-refractivity contribution >= 4 is 23.4 Å². The van der Waals surface area contributed by atoms with Gasteiger partial charge in [-0.05, 0) is 83.9 Å². The van der Waals surface area contributed by atoms with Gasteiger partial charge in [-0.1, -0.05) is 37.3 Å². The van der Waals surface area contributed by atoms with Gasteiger partial charge in [-0.3, -0.25) is 14.4 Å². The molecule has 10 heteroatoms. The number of ether oxygens (including phenoxy) is 2. The maximum Gasteiger partial charge on any atom is 0.258 e. The van der Waals surface area contributed by atoms with Crippen LogP contribution in [0.2, 0.25) is 0 Å². The Labute approximate surface area is 275 Å². The van der Waals surface area contributed by atoms with Gasteiger partial charge in [-0.2, -0.15) is 0 Å². The highest BCUT2D eigenvalue weighted by atomic mass is 16.5. The third-order valence-corrected chi connectivity index (χ3v) is 8.42. The van der Waals surface area contributed by atoms with E-state index in [0.29, 0.717) is 49.5 Å². The normalized spacial score (nSPS) is 20.3. The lowest BCUT2D eigenvalue weighted by molar-refractivity contribution is -0.131. The van der Waals surface area contributed by atoms with E-state index < -0.39 is 6.04 Å². The summed E-state index contributed by atoms with van der Waals surface area (Å²) in [6.45, 7) is 7.57. The molecule has 254 valence electrons. The van der Waals surface area contributed by atoms with Crippen LogP contribution in [0.4, 0.5) is 5.69 Å². The number of anilines is 1. The highest BCUT2D eigenvalue weighted by molar-refractivity contribution is 5.99. The van der Waals surface area contributed by atoms with Crippen LogP contribution < -0.4 is 10.1 Å². The van der Waals surface area contributed by atoms with Crippen molar-refractivity contribution in [2.45, 2.75) is 77.5 Å². The Hall–Kier alpha value is -3.47. The number of likely N-dealkylation sites (N-methyl/N-ethyl adjacent to an activating group) is 1. The summed E-state index contributed by atoms with van der Waals surface area (Å²) in [5, 5.41) is 13.1. The average molecular weight is 639 g/mol. The molecule has 1 heterocycles. The van der Waals surface area contributed by atoms with E-state index in [1.807, 2.05) is 63.2 Å². The summed E-state index contributed by atoms with van der Waals surface area (Å²) in [5.74, 6) is -0.139. The quantitative estimate of drug-likeness (QED) is 0.374. The zero-order valence-electron chi connectivity index (χ0n) is 28.5. The average Bonchev–Trinajstić information content (AvgIpc) is 3.02. The van der Waals surface area contributed by atoms with Crippen molar-refractivity contribution in [1.82, 2.24) is 14.7 Å². The zero-order valence-corrected chi connectivity index (χ0v) is 28.5. The second-order valence-electron chi connectivity index (χ2n) is 12.9. The van der Waals surface area contributed by atoms with Crippen LogP contribution in [-0.4, -0.2) is 110 Å². The first-order chi connectivity index (χ1) is 22.0. The van der Waals surface area contributed by atoms with Gasteiger partial charge in [0.2, 0.25) is 11.8 Å². The Morgan fingerprint density at radius 1 is 1.09 bits per heavy atom. The number of aliphatic hydroxyl groups excluding tert-OH is 1. The number of benzene rings is 2. The highest BCUT2D eigenvalue weighted by Gasteiger charge is 2.31. The van der Waals surface area contributed by atoms with Crippen LogP contribution in [0.25, 0.3) is 0 Å². The van der Waals surface area contributed by atoms with Crippen molar-refractivity contribution in [3.63, 3.8) is 0 Å². The van der Waals surface area contributed by atoms with Gasteiger partial charge in [0.25, 0.3) is 5.91 Å². The SMILES string of the molecule is C[C@@H]1CCCCO[C@H](CN(C)C(=O)Cc2ccccc2)[C@@H](C)CN([C@@H](C)CO)C(=O)c2cc(NC(=O)CCCN(C)C)ccc2O1. The lowest BCUT2D eigenvalue weighted by atomic mass is 10.0. The number of hydrogen-bond acceptors (Lipinski definition) is 7. The number of nitrogens with one attached hydrogen (secondary N) is 1. The molecule has 4 atom stereocenters. The van der Waals surface area contributed by atoms with E-state index in [-0.39, 0.29) is 42.5 Å². The summed E-state index contributed by atoms with van der Waals surface area (Å²) in [4.78, 5) is 45.5. The molecule has 2 aromatic carbocycles. The maximum absolute atomic E-state index is 14.3. The van der Waals surface area contributed by atoms with Crippen molar-refractivity contribution < 1.29 is 29.0 Å². The zero-order chi connectivity index (χ0) is 33.6. The summed E-state index contributed by atoms with van der Waals surface area (Å²) in [5.41, 5.74) is 1.80. The van der Waals surface area contributed by atoms with Gasteiger partial charge in [-0.15, -0.1) is 0 Å². The molecule has 1 aliphatic heterocycles. The van der Waals surface area contributed by atoms with E-state index in [2.05, 4.69) is 5.32 Å². The topological polar surface area (TPSA) is 112 Å². The molecule has 0 saturated heterocycles. The van der Waals surface area contributed by atoms with E-state index >= 15 is 0 Å². The van der Waals surface area contributed by atoms with Crippen molar-refractivity contribution in [1.29, 1.82) is 0 Å². The summed E-state index contributed by atoms with van der Waals surface area (Å²) < 4.78 is 12.7. The molecule has 46 heavy (non-hydrogen) atoms. The molecule has 2 aromatic rings. The van der Waals surface area contributed by atoms with Gasteiger partial charge in [0.15, 0.2) is 0 Å². The van der Waals surface area contributed by atoms with E-state index in [1.165, 1.54) is 0 Å². The molecule has 0 fully saturated rings. The van der Waals surface area contributed by atoms with Crippen LogP contribution in [0.5, 0.6) is 5.75 Å². The van der Waals surface area contributed by atoms with Gasteiger partial charge in [0.1, 0.15) is 5.75 Å². The Morgan fingerprint density at radius 2 is 1.83 bits per heavy atom. The number of carbonyl (C=O) groups excluding carboxylic acids is 3. The fraction of sp³-hybridized carbons (Fsp3) is 0.583. The van der Waals surface area contributed by atoms with Crippen molar-refractivity contribution in [3.8, 4) is 5.75 Å².